The van der Waals surface area contributed by atoms with Crippen molar-refractivity contribution in [2.24, 2.45) is 5.92 Å². The molecule has 20 heavy (non-hydrogen) atoms. The smallest absolute Gasteiger partial charge is 0.210 e. The van der Waals surface area contributed by atoms with E-state index in [9.17, 15) is 4.79 Å². The summed E-state index contributed by atoms with van der Waals surface area (Å²) in [7, 11) is 0. The number of fused-ring (bicyclic) bond motifs is 1. The van der Waals surface area contributed by atoms with Crippen LogP contribution in [-0.2, 0) is 11.2 Å². The van der Waals surface area contributed by atoms with Crippen LogP contribution >= 0.6 is 0 Å². The average Bonchev–Trinajstić information content (AvgIpc) is 2.50. The highest BCUT2D eigenvalue weighted by Gasteiger charge is 2.33. The minimum absolute atomic E-state index is 0.286. The van der Waals surface area contributed by atoms with Crippen LogP contribution in [-0.4, -0.2) is 23.9 Å². The lowest BCUT2D eigenvalue weighted by molar-refractivity contribution is -0.120. The third kappa shape index (κ3) is 2.65. The molecule has 2 aliphatic rings. The van der Waals surface area contributed by atoms with Gasteiger partial charge in [-0.25, -0.2) is 0 Å². The predicted octanol–water partition coefficient (Wildman–Crippen LogP) is 3.49. The van der Waals surface area contributed by atoms with Crippen molar-refractivity contribution >= 4 is 6.41 Å². The van der Waals surface area contributed by atoms with Crippen LogP contribution in [0.2, 0.25) is 0 Å². The molecule has 0 N–H and O–H groups in total. The third-order valence-electron chi connectivity index (χ3n) is 4.81. The molecule has 0 radical (unpaired) electrons. The fourth-order valence-corrected chi connectivity index (χ4v) is 3.65. The fraction of sp³-hybridized carbons (Fsp3) is 0.500. The Kier molecular flexibility index (Phi) is 3.90. The van der Waals surface area contributed by atoms with Crippen LogP contribution in [0.3, 0.4) is 0 Å². The van der Waals surface area contributed by atoms with Crippen molar-refractivity contribution in [2.75, 3.05) is 6.54 Å². The molecule has 0 saturated carbocycles. The van der Waals surface area contributed by atoms with Gasteiger partial charge in [-0.05, 0) is 56.1 Å². The van der Waals surface area contributed by atoms with Crippen molar-refractivity contribution in [1.29, 1.82) is 0 Å². The number of rotatable bonds is 3. The van der Waals surface area contributed by atoms with Crippen LogP contribution in [0.4, 0.5) is 0 Å². The van der Waals surface area contributed by atoms with Gasteiger partial charge in [0.2, 0.25) is 6.41 Å². The van der Waals surface area contributed by atoms with E-state index >= 15 is 0 Å². The van der Waals surface area contributed by atoms with Crippen molar-refractivity contribution in [3.8, 4) is 0 Å². The highest BCUT2D eigenvalue weighted by Crippen LogP contribution is 2.36. The Bertz CT molecular complexity index is 503. The molecule has 1 unspecified atom stereocenters. The lowest BCUT2D eigenvalue weighted by Crippen LogP contribution is -2.45. The lowest BCUT2D eigenvalue weighted by Gasteiger charge is -2.41. The molecule has 2 atom stereocenters. The molecule has 0 spiro atoms. The lowest BCUT2D eigenvalue weighted by atomic mass is 9.77. The summed E-state index contributed by atoms with van der Waals surface area (Å²) in [5, 5.41) is 0. The van der Waals surface area contributed by atoms with E-state index < -0.39 is 0 Å². The number of aryl methyl sites for hydroxylation is 1. The van der Waals surface area contributed by atoms with E-state index in [1.54, 1.807) is 0 Å². The first kappa shape index (κ1) is 13.4. The standard InChI is InChI=1S/C18H23NO/c1-14-6-8-15(9-7-14)12-18-17-5-3-2-4-16(17)10-11-19(18)13-20/h5-9,13,16,18H,2-4,10-12H2,1H3/t16?,18-/m0/s1. The Morgan fingerprint density at radius 3 is 2.80 bits per heavy atom. The molecular weight excluding hydrogens is 246 g/mol. The molecule has 1 fully saturated rings. The van der Waals surface area contributed by atoms with Crippen LogP contribution in [0.1, 0.15) is 36.8 Å². The van der Waals surface area contributed by atoms with Gasteiger partial charge in [0.15, 0.2) is 0 Å². The molecule has 106 valence electrons. The number of allylic oxidation sites excluding steroid dienone is 1. The number of piperidine rings is 1. The van der Waals surface area contributed by atoms with Gasteiger partial charge in [0.05, 0.1) is 6.04 Å². The summed E-state index contributed by atoms with van der Waals surface area (Å²) in [4.78, 5) is 13.4. The summed E-state index contributed by atoms with van der Waals surface area (Å²) in [5.74, 6) is 0.718. The Morgan fingerprint density at radius 2 is 2.05 bits per heavy atom. The van der Waals surface area contributed by atoms with Crippen molar-refractivity contribution in [1.82, 2.24) is 4.90 Å². The Hall–Kier alpha value is -1.57. The summed E-state index contributed by atoms with van der Waals surface area (Å²) < 4.78 is 0. The summed E-state index contributed by atoms with van der Waals surface area (Å²) >= 11 is 0. The zero-order valence-corrected chi connectivity index (χ0v) is 12.2. The summed E-state index contributed by atoms with van der Waals surface area (Å²) in [6.45, 7) is 3.03. The maximum atomic E-state index is 11.4. The molecule has 3 rings (SSSR count). The number of carbonyl (C=O) groups excluding carboxylic acids is 1. The maximum absolute atomic E-state index is 11.4. The highest BCUT2D eigenvalue weighted by molar-refractivity contribution is 5.50. The maximum Gasteiger partial charge on any atom is 0.210 e. The summed E-state index contributed by atoms with van der Waals surface area (Å²) in [6.07, 6.45) is 9.36. The van der Waals surface area contributed by atoms with Gasteiger partial charge < -0.3 is 4.90 Å². The van der Waals surface area contributed by atoms with Gasteiger partial charge in [0.1, 0.15) is 0 Å². The number of amides is 1. The van der Waals surface area contributed by atoms with Gasteiger partial charge >= 0.3 is 0 Å². The van der Waals surface area contributed by atoms with E-state index in [1.165, 1.54) is 36.0 Å². The second-order valence-corrected chi connectivity index (χ2v) is 6.17. The largest absolute Gasteiger partial charge is 0.338 e. The van der Waals surface area contributed by atoms with E-state index in [4.69, 9.17) is 0 Å². The number of nitrogens with zero attached hydrogens (tertiary/aromatic N) is 1. The fourth-order valence-electron chi connectivity index (χ4n) is 3.65. The third-order valence-corrected chi connectivity index (χ3v) is 4.81. The van der Waals surface area contributed by atoms with E-state index in [2.05, 4.69) is 37.3 Å². The van der Waals surface area contributed by atoms with Crippen LogP contribution in [0.25, 0.3) is 0 Å². The molecule has 2 heteroatoms. The first-order valence-electron chi connectivity index (χ1n) is 7.74. The van der Waals surface area contributed by atoms with E-state index in [-0.39, 0.29) is 6.04 Å². The van der Waals surface area contributed by atoms with E-state index in [1.807, 2.05) is 4.90 Å². The number of hydrogen-bond acceptors (Lipinski definition) is 1. The molecule has 1 aliphatic carbocycles. The second kappa shape index (κ2) is 5.82. The van der Waals surface area contributed by atoms with E-state index in [0.717, 1.165) is 31.7 Å². The van der Waals surface area contributed by atoms with Gasteiger partial charge in [-0.3, -0.25) is 4.79 Å². The molecular formula is C18H23NO. The van der Waals surface area contributed by atoms with Gasteiger partial charge in [-0.1, -0.05) is 35.9 Å². The monoisotopic (exact) mass is 269 g/mol. The van der Waals surface area contributed by atoms with E-state index in [0.29, 0.717) is 0 Å². The Morgan fingerprint density at radius 1 is 1.25 bits per heavy atom. The number of benzene rings is 1. The van der Waals surface area contributed by atoms with Crippen molar-refractivity contribution in [3.63, 3.8) is 0 Å². The van der Waals surface area contributed by atoms with Gasteiger partial charge in [0, 0.05) is 6.54 Å². The van der Waals surface area contributed by atoms with Crippen LogP contribution < -0.4 is 0 Å². The van der Waals surface area contributed by atoms with Gasteiger partial charge in [0.25, 0.3) is 0 Å². The Balaban J connectivity index is 1.84. The van der Waals surface area contributed by atoms with Crippen LogP contribution in [0.15, 0.2) is 35.9 Å². The minimum Gasteiger partial charge on any atom is -0.338 e. The molecule has 1 amide bonds. The summed E-state index contributed by atoms with van der Waals surface area (Å²) in [5.41, 5.74) is 4.15. The van der Waals surface area contributed by atoms with Crippen molar-refractivity contribution in [3.05, 3.63) is 47.0 Å². The molecule has 0 aromatic heterocycles. The van der Waals surface area contributed by atoms with Crippen molar-refractivity contribution < 1.29 is 4.79 Å². The molecule has 0 bridgehead atoms. The normalized spacial score (nSPS) is 25.9. The van der Waals surface area contributed by atoms with Crippen LogP contribution in [0, 0.1) is 12.8 Å². The number of hydrogen-bond donors (Lipinski definition) is 0. The predicted molar refractivity (Wildman–Crippen MR) is 81.5 cm³/mol. The van der Waals surface area contributed by atoms with Gasteiger partial charge in [-0.15, -0.1) is 0 Å². The number of likely N-dealkylation sites (tertiary alicyclic amines) is 1. The summed E-state index contributed by atoms with van der Waals surface area (Å²) in [6, 6.07) is 9.01. The van der Waals surface area contributed by atoms with Crippen molar-refractivity contribution in [2.45, 2.75) is 45.1 Å². The molecule has 1 heterocycles. The molecule has 1 saturated heterocycles. The first-order chi connectivity index (χ1) is 9.78. The zero-order chi connectivity index (χ0) is 13.9. The zero-order valence-electron chi connectivity index (χ0n) is 12.2. The van der Waals surface area contributed by atoms with Crippen LogP contribution in [0.5, 0.6) is 0 Å². The topological polar surface area (TPSA) is 20.3 Å². The molecule has 1 aliphatic heterocycles. The Labute approximate surface area is 121 Å². The minimum atomic E-state index is 0.286. The quantitative estimate of drug-likeness (QED) is 0.607. The molecule has 1 aromatic carbocycles. The second-order valence-electron chi connectivity index (χ2n) is 6.17. The average molecular weight is 269 g/mol. The highest BCUT2D eigenvalue weighted by atomic mass is 16.1. The van der Waals surface area contributed by atoms with Gasteiger partial charge in [-0.2, -0.15) is 0 Å². The molecule has 1 aromatic rings. The number of carbonyl (C=O) groups is 1. The SMILES string of the molecule is Cc1ccc(C[C@H]2C3=CCCCC3CCN2C=O)cc1. The first-order valence-corrected chi connectivity index (χ1v) is 7.74. The molecule has 2 nitrogen and oxygen atoms in total.